The van der Waals surface area contributed by atoms with E-state index in [4.69, 9.17) is 37.6 Å². The van der Waals surface area contributed by atoms with Crippen LogP contribution in [0.4, 0.5) is 0 Å². The van der Waals surface area contributed by atoms with E-state index in [1.807, 2.05) is 64.1 Å². The molecule has 0 unspecified atom stereocenters. The van der Waals surface area contributed by atoms with Crippen LogP contribution in [0.25, 0.3) is 0 Å². The number of hydrogen-bond acceptors (Lipinski definition) is 10. The first-order chi connectivity index (χ1) is 28.8. The molecule has 1 N–H and O–H groups in total. The van der Waals surface area contributed by atoms with E-state index in [1.54, 1.807) is 0 Å². The standard InChI is InChI=1S/C51H80O10Si/c1-35-28-38(52)40(30-48(8,34-56-45(53)46(2,3)4)61-62(12,13)47(5,6)7)57-39-24-25-50(10)41(58-44(35)39)29-42-51(11,60-50)31-43(55-33-37-22-18-15-19-23-37)49(9,59-42)26-27-54-32-36-20-16-14-17-21-36/h14-23,35,38-44,52H,24-34H2,1-13H3/t35-,38+,39+,40-,41+,42-,43-,44-,48+,49+,50-,51+/m1/s1. The molecule has 348 valence electrons. The predicted molar refractivity (Wildman–Crippen MR) is 244 cm³/mol. The summed E-state index contributed by atoms with van der Waals surface area (Å²) in [6.45, 7) is 29.0. The lowest BCUT2D eigenvalue weighted by Gasteiger charge is -2.59. The number of fused-ring (bicyclic) bond motifs is 3. The van der Waals surface area contributed by atoms with Gasteiger partial charge in [-0.3, -0.25) is 4.79 Å². The summed E-state index contributed by atoms with van der Waals surface area (Å²) in [5.41, 5.74) is -1.13. The third kappa shape index (κ3) is 11.6. The molecule has 11 heteroatoms. The number of aliphatic hydroxyl groups excluding tert-OH is 1. The normalized spacial score (nSPS) is 35.3. The summed E-state index contributed by atoms with van der Waals surface area (Å²) < 4.78 is 55.0. The summed E-state index contributed by atoms with van der Waals surface area (Å²) in [7, 11) is -2.35. The maximum Gasteiger partial charge on any atom is 0.311 e. The summed E-state index contributed by atoms with van der Waals surface area (Å²) in [4.78, 5) is 13.1. The van der Waals surface area contributed by atoms with Crippen LogP contribution in [-0.4, -0.2) is 97.7 Å². The molecule has 10 nitrogen and oxygen atoms in total. The Labute approximate surface area is 374 Å². The molecule has 4 aliphatic heterocycles. The van der Waals surface area contributed by atoms with Crippen molar-refractivity contribution in [1.82, 2.24) is 0 Å². The Bertz CT molecular complexity index is 1760. The van der Waals surface area contributed by atoms with Crippen LogP contribution in [0.3, 0.4) is 0 Å². The SMILES string of the molecule is C[C@@H]1C[C@H](O)[C@@H](C[C@@](C)(COC(=O)C(C)(C)C)O[Si](C)(C)C(C)(C)C)O[C@H]2CC[C@@]3(C)O[C@@]4(C)C[C@@H](OCc5ccccc5)[C@](C)(CCOCc5ccccc5)O[C@@H]4C[C@@H]3O[C@H]12. The van der Waals surface area contributed by atoms with Gasteiger partial charge < -0.3 is 42.7 Å². The van der Waals surface area contributed by atoms with Crippen LogP contribution in [-0.2, 0) is 55.6 Å². The van der Waals surface area contributed by atoms with Gasteiger partial charge >= 0.3 is 5.97 Å². The van der Waals surface area contributed by atoms with E-state index in [2.05, 4.69) is 85.8 Å². The highest BCUT2D eigenvalue weighted by Crippen LogP contribution is 2.52. The van der Waals surface area contributed by atoms with Crippen molar-refractivity contribution in [2.24, 2.45) is 11.3 Å². The Morgan fingerprint density at radius 1 is 0.855 bits per heavy atom. The van der Waals surface area contributed by atoms with Gasteiger partial charge in [-0.15, -0.1) is 0 Å². The van der Waals surface area contributed by atoms with Crippen LogP contribution < -0.4 is 0 Å². The lowest BCUT2D eigenvalue weighted by Crippen LogP contribution is -2.69. The topological polar surface area (TPSA) is 111 Å². The fraction of sp³-hybridized carbons (Fsp3) is 0.745. The minimum Gasteiger partial charge on any atom is -0.462 e. The molecule has 0 amide bonds. The van der Waals surface area contributed by atoms with Crippen molar-refractivity contribution < 1.29 is 47.5 Å². The molecule has 4 aliphatic rings. The molecule has 0 aromatic heterocycles. The van der Waals surface area contributed by atoms with E-state index < -0.39 is 48.3 Å². The molecule has 6 rings (SSSR count). The van der Waals surface area contributed by atoms with Crippen molar-refractivity contribution in [1.29, 1.82) is 0 Å². The van der Waals surface area contributed by atoms with Gasteiger partial charge in [0, 0.05) is 32.3 Å². The first-order valence-corrected chi connectivity index (χ1v) is 26.3. The van der Waals surface area contributed by atoms with Crippen molar-refractivity contribution in [3.05, 3.63) is 71.8 Å². The maximum absolute atomic E-state index is 13.1. The molecule has 4 heterocycles. The molecule has 0 saturated carbocycles. The summed E-state index contributed by atoms with van der Waals surface area (Å²) >= 11 is 0. The Hall–Kier alpha value is -2.19. The first kappa shape index (κ1) is 49.2. The second kappa shape index (κ2) is 19.0. The molecule has 2 aromatic carbocycles. The van der Waals surface area contributed by atoms with E-state index in [0.717, 1.165) is 17.5 Å². The molecular formula is C51H80O10Si. The monoisotopic (exact) mass is 881 g/mol. The quantitative estimate of drug-likeness (QED) is 0.112. The zero-order valence-electron chi connectivity index (χ0n) is 40.3. The van der Waals surface area contributed by atoms with Gasteiger partial charge in [0.25, 0.3) is 0 Å². The van der Waals surface area contributed by atoms with Crippen molar-refractivity contribution >= 4 is 14.3 Å². The molecule has 0 aliphatic carbocycles. The highest BCUT2D eigenvalue weighted by molar-refractivity contribution is 6.74. The van der Waals surface area contributed by atoms with Gasteiger partial charge in [0.2, 0.25) is 0 Å². The van der Waals surface area contributed by atoms with Gasteiger partial charge in [-0.25, -0.2) is 0 Å². The second-order valence-corrected chi connectivity index (χ2v) is 27.3. The van der Waals surface area contributed by atoms with E-state index >= 15 is 0 Å². The average Bonchev–Trinajstić information content (AvgIpc) is 3.38. The van der Waals surface area contributed by atoms with Crippen LogP contribution in [0.5, 0.6) is 0 Å². The zero-order chi connectivity index (χ0) is 45.4. The van der Waals surface area contributed by atoms with E-state index in [0.29, 0.717) is 58.3 Å². The van der Waals surface area contributed by atoms with Gasteiger partial charge in [-0.1, -0.05) is 88.4 Å². The van der Waals surface area contributed by atoms with Crippen molar-refractivity contribution in [3.63, 3.8) is 0 Å². The zero-order valence-corrected chi connectivity index (χ0v) is 41.3. The van der Waals surface area contributed by atoms with Crippen molar-refractivity contribution in [3.8, 4) is 0 Å². The first-order valence-electron chi connectivity index (χ1n) is 23.4. The van der Waals surface area contributed by atoms with Gasteiger partial charge in [0.1, 0.15) is 6.61 Å². The van der Waals surface area contributed by atoms with Gasteiger partial charge in [-0.2, -0.15) is 0 Å². The third-order valence-electron chi connectivity index (χ3n) is 14.7. The third-order valence-corrected chi connectivity index (χ3v) is 19.3. The van der Waals surface area contributed by atoms with Gasteiger partial charge in [-0.05, 0) is 103 Å². The number of ether oxygens (including phenoxy) is 7. The Morgan fingerprint density at radius 2 is 1.48 bits per heavy atom. The van der Waals surface area contributed by atoms with Crippen LogP contribution in [0.1, 0.15) is 132 Å². The molecular weight excluding hydrogens is 801 g/mol. The fourth-order valence-corrected chi connectivity index (χ4v) is 11.5. The fourth-order valence-electron chi connectivity index (χ4n) is 9.81. The lowest BCUT2D eigenvalue weighted by molar-refractivity contribution is -0.345. The summed E-state index contributed by atoms with van der Waals surface area (Å²) in [5.74, 6) is -0.271. The summed E-state index contributed by atoms with van der Waals surface area (Å²) in [6.07, 6.45) is 1.73. The molecule has 4 saturated heterocycles. The van der Waals surface area contributed by atoms with E-state index in [-0.39, 0.29) is 54.1 Å². The van der Waals surface area contributed by atoms with Crippen LogP contribution >= 0.6 is 0 Å². The van der Waals surface area contributed by atoms with E-state index in [9.17, 15) is 9.90 Å². The summed E-state index contributed by atoms with van der Waals surface area (Å²) in [5, 5.41) is 11.8. The van der Waals surface area contributed by atoms with E-state index in [1.165, 1.54) is 0 Å². The van der Waals surface area contributed by atoms with Crippen molar-refractivity contribution in [2.75, 3.05) is 13.2 Å². The molecule has 0 bridgehead atoms. The minimum atomic E-state index is -2.35. The number of esters is 1. The predicted octanol–water partition coefficient (Wildman–Crippen LogP) is 10.1. The van der Waals surface area contributed by atoms with Gasteiger partial charge in [0.15, 0.2) is 8.32 Å². The Morgan fingerprint density at radius 3 is 2.10 bits per heavy atom. The molecule has 62 heavy (non-hydrogen) atoms. The maximum atomic E-state index is 13.1. The highest BCUT2D eigenvalue weighted by atomic mass is 28.4. The van der Waals surface area contributed by atoms with Crippen LogP contribution in [0.2, 0.25) is 18.1 Å². The average molecular weight is 881 g/mol. The lowest BCUT2D eigenvalue weighted by atomic mass is 9.73. The minimum absolute atomic E-state index is 0.0111. The van der Waals surface area contributed by atoms with Crippen molar-refractivity contribution in [2.45, 2.75) is 218 Å². The highest BCUT2D eigenvalue weighted by Gasteiger charge is 2.62. The number of carbonyl (C=O) groups is 1. The van der Waals surface area contributed by atoms with Crippen LogP contribution in [0.15, 0.2) is 60.7 Å². The molecule has 0 radical (unpaired) electrons. The number of rotatable bonds is 14. The number of benzene rings is 2. The molecule has 4 fully saturated rings. The van der Waals surface area contributed by atoms with Gasteiger partial charge in [0.05, 0.1) is 83.8 Å². The molecule has 2 aromatic rings. The second-order valence-electron chi connectivity index (χ2n) is 22.6. The summed E-state index contributed by atoms with van der Waals surface area (Å²) in [6, 6.07) is 20.6. The smallest absolute Gasteiger partial charge is 0.311 e. The molecule has 12 atom stereocenters. The molecule has 0 spiro atoms. The Kier molecular flexibility index (Phi) is 15.1. The Balaban J connectivity index is 1.20. The largest absolute Gasteiger partial charge is 0.462 e. The van der Waals surface area contributed by atoms with Crippen LogP contribution in [0, 0.1) is 11.3 Å². The number of carbonyl (C=O) groups excluding carboxylic acids is 1. The number of hydrogen-bond donors (Lipinski definition) is 1. The number of aliphatic hydroxyl groups is 1.